The summed E-state index contributed by atoms with van der Waals surface area (Å²) in [5.74, 6) is 0.647. The van der Waals surface area contributed by atoms with Crippen molar-refractivity contribution < 1.29 is 9.21 Å². The molecule has 4 heteroatoms. The maximum absolute atomic E-state index is 12.3. The van der Waals surface area contributed by atoms with E-state index >= 15 is 0 Å². The molecule has 0 spiro atoms. The molecule has 1 aromatic carbocycles. The number of furan rings is 1. The Morgan fingerprint density at radius 3 is 3.05 bits per heavy atom. The summed E-state index contributed by atoms with van der Waals surface area (Å²) in [7, 11) is 0. The lowest BCUT2D eigenvalue weighted by molar-refractivity contribution is 0.0924. The largest absolute Gasteiger partial charge is 0.464 e. The maximum Gasteiger partial charge on any atom is 0.251 e. The second-order valence-electron chi connectivity index (χ2n) is 5.56. The lowest BCUT2D eigenvalue weighted by Crippen LogP contribution is -2.43. The van der Waals surface area contributed by atoms with E-state index in [2.05, 4.69) is 10.2 Å². The van der Waals surface area contributed by atoms with Crippen molar-refractivity contribution in [3.63, 3.8) is 0 Å². The number of piperidine rings is 1. The topological polar surface area (TPSA) is 45.5 Å². The minimum Gasteiger partial charge on any atom is -0.464 e. The molecule has 0 aliphatic carbocycles. The molecule has 3 atom stereocenters. The van der Waals surface area contributed by atoms with E-state index in [4.69, 9.17) is 4.42 Å². The SMILES string of the molecule is O=C(NC1CN2CC[C@H]1C2)c1ccc2ccoc2c1. The van der Waals surface area contributed by atoms with Gasteiger partial charge in [-0.25, -0.2) is 0 Å². The van der Waals surface area contributed by atoms with Gasteiger partial charge in [0.15, 0.2) is 0 Å². The molecule has 19 heavy (non-hydrogen) atoms. The first-order chi connectivity index (χ1) is 9.29. The Bertz CT molecular complexity index is 634. The zero-order valence-electron chi connectivity index (χ0n) is 10.6. The third kappa shape index (κ3) is 1.83. The number of amides is 1. The molecular weight excluding hydrogens is 240 g/mol. The van der Waals surface area contributed by atoms with Crippen molar-refractivity contribution in [3.05, 3.63) is 36.1 Å². The van der Waals surface area contributed by atoms with Crippen LogP contribution < -0.4 is 5.32 Å². The van der Waals surface area contributed by atoms with E-state index in [1.165, 1.54) is 13.0 Å². The van der Waals surface area contributed by atoms with Crippen LogP contribution in [0.25, 0.3) is 11.0 Å². The molecule has 2 aliphatic rings. The van der Waals surface area contributed by atoms with Crippen LogP contribution in [0.3, 0.4) is 0 Å². The van der Waals surface area contributed by atoms with Gasteiger partial charge in [-0.3, -0.25) is 4.79 Å². The number of hydrogen-bond donors (Lipinski definition) is 1. The van der Waals surface area contributed by atoms with Crippen molar-refractivity contribution in [2.75, 3.05) is 19.6 Å². The van der Waals surface area contributed by atoms with Gasteiger partial charge in [-0.2, -0.15) is 0 Å². The van der Waals surface area contributed by atoms with Crippen LogP contribution in [-0.2, 0) is 0 Å². The Balaban J connectivity index is 1.53. The van der Waals surface area contributed by atoms with Gasteiger partial charge in [-0.15, -0.1) is 0 Å². The number of benzene rings is 1. The minimum absolute atomic E-state index is 0.0112. The van der Waals surface area contributed by atoms with Crippen LogP contribution in [0.15, 0.2) is 34.9 Å². The summed E-state index contributed by atoms with van der Waals surface area (Å²) in [6.07, 6.45) is 2.86. The fourth-order valence-electron chi connectivity index (χ4n) is 3.30. The second-order valence-corrected chi connectivity index (χ2v) is 5.56. The molecular formula is C15H16N2O2. The zero-order valence-corrected chi connectivity index (χ0v) is 10.6. The van der Waals surface area contributed by atoms with Crippen LogP contribution in [0.2, 0.25) is 0 Å². The lowest BCUT2D eigenvalue weighted by Gasteiger charge is -2.23. The highest BCUT2D eigenvalue weighted by Crippen LogP contribution is 2.28. The summed E-state index contributed by atoms with van der Waals surface area (Å²) in [6, 6.07) is 7.82. The Morgan fingerprint density at radius 2 is 2.26 bits per heavy atom. The van der Waals surface area contributed by atoms with Crippen LogP contribution in [0, 0.1) is 5.92 Å². The van der Waals surface area contributed by atoms with Gasteiger partial charge >= 0.3 is 0 Å². The Kier molecular flexibility index (Phi) is 2.38. The molecule has 1 amide bonds. The average Bonchev–Trinajstić information content (AvgIpc) is 3.13. The highest BCUT2D eigenvalue weighted by atomic mass is 16.3. The molecule has 2 unspecified atom stereocenters. The second kappa shape index (κ2) is 4.10. The van der Waals surface area contributed by atoms with Gasteiger partial charge in [0.2, 0.25) is 0 Å². The van der Waals surface area contributed by atoms with Gasteiger partial charge in [0.1, 0.15) is 5.58 Å². The van der Waals surface area contributed by atoms with E-state index in [1.54, 1.807) is 6.26 Å². The van der Waals surface area contributed by atoms with Crippen molar-refractivity contribution >= 4 is 16.9 Å². The van der Waals surface area contributed by atoms with Crippen LogP contribution >= 0.6 is 0 Å². The van der Waals surface area contributed by atoms with Crippen molar-refractivity contribution in [1.82, 2.24) is 10.2 Å². The van der Waals surface area contributed by atoms with Crippen LogP contribution in [0.4, 0.5) is 0 Å². The molecule has 2 fully saturated rings. The van der Waals surface area contributed by atoms with Crippen molar-refractivity contribution in [3.8, 4) is 0 Å². The third-order valence-corrected chi connectivity index (χ3v) is 4.37. The Morgan fingerprint density at radius 1 is 1.32 bits per heavy atom. The predicted octanol–water partition coefficient (Wildman–Crippen LogP) is 1.87. The van der Waals surface area contributed by atoms with Gasteiger partial charge in [-0.1, -0.05) is 6.07 Å². The van der Waals surface area contributed by atoms with E-state index in [9.17, 15) is 4.79 Å². The number of nitrogens with zero attached hydrogens (tertiary/aromatic N) is 1. The molecule has 2 aliphatic heterocycles. The third-order valence-electron chi connectivity index (χ3n) is 4.37. The van der Waals surface area contributed by atoms with Gasteiger partial charge in [-0.05, 0) is 37.1 Å². The molecule has 2 saturated heterocycles. The van der Waals surface area contributed by atoms with Crippen molar-refractivity contribution in [2.45, 2.75) is 12.5 Å². The molecule has 1 aromatic heterocycles. The van der Waals surface area contributed by atoms with E-state index < -0.39 is 0 Å². The maximum atomic E-state index is 12.3. The summed E-state index contributed by atoms with van der Waals surface area (Å²) in [5.41, 5.74) is 1.45. The number of nitrogens with one attached hydrogen (secondary N) is 1. The smallest absolute Gasteiger partial charge is 0.251 e. The molecule has 2 aromatic rings. The van der Waals surface area contributed by atoms with E-state index in [0.717, 1.165) is 24.1 Å². The Hall–Kier alpha value is -1.81. The quantitative estimate of drug-likeness (QED) is 0.892. The molecule has 0 radical (unpaired) electrons. The molecule has 4 rings (SSSR count). The molecule has 3 heterocycles. The van der Waals surface area contributed by atoms with Gasteiger partial charge < -0.3 is 14.6 Å². The number of rotatable bonds is 2. The number of carbonyl (C=O) groups is 1. The molecule has 98 valence electrons. The lowest BCUT2D eigenvalue weighted by atomic mass is 9.99. The first-order valence-corrected chi connectivity index (χ1v) is 6.80. The fraction of sp³-hybridized carbons (Fsp3) is 0.400. The Labute approximate surface area is 111 Å². The highest BCUT2D eigenvalue weighted by Gasteiger charge is 2.38. The van der Waals surface area contributed by atoms with Crippen molar-refractivity contribution in [1.29, 1.82) is 0 Å². The highest BCUT2D eigenvalue weighted by molar-refractivity contribution is 5.97. The van der Waals surface area contributed by atoms with Gasteiger partial charge in [0, 0.05) is 30.1 Å². The summed E-state index contributed by atoms with van der Waals surface area (Å²) >= 11 is 0. The van der Waals surface area contributed by atoms with Crippen molar-refractivity contribution in [2.24, 2.45) is 5.92 Å². The standard InChI is InChI=1S/C15H16N2O2/c18-15(16-13-9-17-5-3-12(13)8-17)11-2-1-10-4-6-19-14(10)7-11/h1-2,4,6-7,12-13H,3,5,8-9H2,(H,16,18)/t12-,13?/m0/s1. The molecule has 4 nitrogen and oxygen atoms in total. The van der Waals surface area contributed by atoms with Gasteiger partial charge in [0.05, 0.1) is 6.26 Å². The number of hydrogen-bond acceptors (Lipinski definition) is 3. The average molecular weight is 256 g/mol. The normalized spacial score (nSPS) is 28.9. The molecule has 1 N–H and O–H groups in total. The fourth-order valence-corrected chi connectivity index (χ4v) is 3.30. The zero-order chi connectivity index (χ0) is 12.8. The van der Waals surface area contributed by atoms with Crippen LogP contribution in [0.5, 0.6) is 0 Å². The van der Waals surface area contributed by atoms with Crippen LogP contribution in [-0.4, -0.2) is 36.5 Å². The summed E-state index contributed by atoms with van der Waals surface area (Å²) in [5, 5.41) is 4.19. The van der Waals surface area contributed by atoms with Crippen LogP contribution in [0.1, 0.15) is 16.8 Å². The molecule has 2 bridgehead atoms. The molecule has 0 saturated carbocycles. The monoisotopic (exact) mass is 256 g/mol. The first kappa shape index (κ1) is 11.1. The van der Waals surface area contributed by atoms with E-state index in [-0.39, 0.29) is 5.91 Å². The summed E-state index contributed by atoms with van der Waals surface area (Å²) in [4.78, 5) is 14.7. The van der Waals surface area contributed by atoms with E-state index in [1.807, 2.05) is 24.3 Å². The van der Waals surface area contributed by atoms with E-state index in [0.29, 0.717) is 17.5 Å². The van der Waals surface area contributed by atoms with Gasteiger partial charge in [0.25, 0.3) is 5.91 Å². The summed E-state index contributed by atoms with van der Waals surface area (Å²) in [6.45, 7) is 3.33. The predicted molar refractivity (Wildman–Crippen MR) is 72.0 cm³/mol. The summed E-state index contributed by atoms with van der Waals surface area (Å²) < 4.78 is 5.34. The first-order valence-electron chi connectivity index (χ1n) is 6.80. The minimum atomic E-state index is 0.0112. The number of carbonyl (C=O) groups excluding carboxylic acids is 1. The number of fused-ring (bicyclic) bond motifs is 3.